The van der Waals surface area contributed by atoms with Gasteiger partial charge in [-0.3, -0.25) is 14.4 Å². The number of hydrogen-bond donors (Lipinski definition) is 2. The van der Waals surface area contributed by atoms with Crippen LogP contribution in [0.1, 0.15) is 67.1 Å². The predicted octanol–water partition coefficient (Wildman–Crippen LogP) is 1.94. The number of amides is 1. The monoisotopic (exact) mass is 346 g/mol. The van der Waals surface area contributed by atoms with Crippen LogP contribution in [0.25, 0.3) is 0 Å². The van der Waals surface area contributed by atoms with Crippen molar-refractivity contribution in [3.8, 4) is 0 Å². The lowest BCUT2D eigenvalue weighted by molar-refractivity contribution is 0.0970. The Morgan fingerprint density at radius 3 is 2.72 bits per heavy atom. The number of primary amides is 1. The lowest BCUT2D eigenvalue weighted by Gasteiger charge is -2.28. The van der Waals surface area contributed by atoms with Gasteiger partial charge in [-0.2, -0.15) is 5.10 Å². The maximum atomic E-state index is 11.5. The van der Waals surface area contributed by atoms with Gasteiger partial charge in [0.05, 0.1) is 24.0 Å². The van der Waals surface area contributed by atoms with E-state index >= 15 is 0 Å². The van der Waals surface area contributed by atoms with Crippen LogP contribution in [-0.2, 0) is 25.0 Å². The van der Waals surface area contributed by atoms with Crippen LogP contribution in [0.2, 0.25) is 0 Å². The third kappa shape index (κ3) is 3.62. The number of fused-ring (bicyclic) bond motifs is 1. The summed E-state index contributed by atoms with van der Waals surface area (Å²) in [6.07, 6.45) is -0.564. The van der Waals surface area contributed by atoms with Crippen molar-refractivity contribution in [3.63, 3.8) is 0 Å². The van der Waals surface area contributed by atoms with E-state index in [1.165, 1.54) is 0 Å². The molecule has 3 rings (SSSR count). The molecule has 0 bridgehead atoms. The van der Waals surface area contributed by atoms with Gasteiger partial charge in [0.2, 0.25) is 0 Å². The van der Waals surface area contributed by atoms with Crippen molar-refractivity contribution in [2.75, 3.05) is 6.54 Å². The van der Waals surface area contributed by atoms with Crippen LogP contribution in [0.5, 0.6) is 0 Å². The van der Waals surface area contributed by atoms with Gasteiger partial charge < -0.3 is 15.3 Å². The molecule has 1 amide bonds. The first-order chi connectivity index (χ1) is 11.6. The number of aromatic nitrogens is 2. The average Bonchev–Trinajstić information content (AvgIpc) is 3.10. The summed E-state index contributed by atoms with van der Waals surface area (Å²) in [4.78, 5) is 13.8. The maximum Gasteiger partial charge on any atom is 0.284 e. The minimum absolute atomic E-state index is 0.207. The van der Waals surface area contributed by atoms with Gasteiger partial charge in [-0.15, -0.1) is 0 Å². The third-order valence-corrected chi connectivity index (χ3v) is 4.45. The maximum absolute atomic E-state index is 11.5. The lowest BCUT2D eigenvalue weighted by atomic mass is 9.90. The largest absolute Gasteiger partial charge is 0.455 e. The van der Waals surface area contributed by atoms with E-state index in [0.29, 0.717) is 12.2 Å². The smallest absolute Gasteiger partial charge is 0.284 e. The van der Waals surface area contributed by atoms with E-state index in [0.717, 1.165) is 36.7 Å². The fourth-order valence-corrected chi connectivity index (χ4v) is 3.23. The van der Waals surface area contributed by atoms with Gasteiger partial charge in [-0.25, -0.2) is 0 Å². The van der Waals surface area contributed by atoms with Gasteiger partial charge in [0.15, 0.2) is 5.76 Å². The molecule has 7 heteroatoms. The van der Waals surface area contributed by atoms with E-state index in [4.69, 9.17) is 10.2 Å². The van der Waals surface area contributed by atoms with E-state index in [-0.39, 0.29) is 11.2 Å². The highest BCUT2D eigenvalue weighted by atomic mass is 16.4. The van der Waals surface area contributed by atoms with E-state index in [1.54, 1.807) is 13.0 Å². The van der Waals surface area contributed by atoms with Gasteiger partial charge >= 0.3 is 0 Å². The molecular weight excluding hydrogens is 320 g/mol. The lowest BCUT2D eigenvalue weighted by Crippen LogP contribution is -2.33. The Bertz CT molecular complexity index is 783. The summed E-state index contributed by atoms with van der Waals surface area (Å²) in [6.45, 7) is 10.9. The first-order valence-electron chi connectivity index (χ1n) is 8.55. The van der Waals surface area contributed by atoms with Gasteiger partial charge in [-0.1, -0.05) is 20.8 Å². The van der Waals surface area contributed by atoms with Crippen LogP contribution in [0, 0.1) is 0 Å². The number of nitrogens with zero attached hydrogens (tertiary/aromatic N) is 3. The van der Waals surface area contributed by atoms with Crippen molar-refractivity contribution in [2.45, 2.75) is 58.8 Å². The summed E-state index contributed by atoms with van der Waals surface area (Å²) in [5.41, 5.74) is 7.95. The summed E-state index contributed by atoms with van der Waals surface area (Å²) in [5.74, 6) is 0.457. The van der Waals surface area contributed by atoms with Crippen LogP contribution in [-0.4, -0.2) is 32.2 Å². The van der Waals surface area contributed by atoms with Crippen LogP contribution in [0.3, 0.4) is 0 Å². The molecule has 3 N–H and O–H groups in total. The van der Waals surface area contributed by atoms with E-state index < -0.39 is 12.0 Å². The second-order valence-corrected chi connectivity index (χ2v) is 7.75. The minimum Gasteiger partial charge on any atom is -0.455 e. The molecule has 1 atom stereocenters. The summed E-state index contributed by atoms with van der Waals surface area (Å²) in [5, 5.41) is 14.1. The van der Waals surface area contributed by atoms with Crippen LogP contribution < -0.4 is 5.73 Å². The molecule has 1 aliphatic rings. The SMILES string of the molecule is C[C@H](O)c1cc2n(n1)CCN(Cc1cc(C(N)=O)oc1C(C)(C)C)C2. The molecule has 0 aliphatic carbocycles. The Labute approximate surface area is 147 Å². The number of nitrogens with two attached hydrogens (primary N) is 1. The topological polar surface area (TPSA) is 97.5 Å². The molecule has 0 fully saturated rings. The molecule has 0 spiro atoms. The summed E-state index contributed by atoms with van der Waals surface area (Å²) < 4.78 is 7.69. The Hall–Kier alpha value is -2.12. The molecule has 0 saturated carbocycles. The summed E-state index contributed by atoms with van der Waals surface area (Å²) in [6, 6.07) is 3.71. The average molecular weight is 346 g/mol. The second-order valence-electron chi connectivity index (χ2n) is 7.75. The molecular formula is C18H26N4O3. The summed E-state index contributed by atoms with van der Waals surface area (Å²) >= 11 is 0. The van der Waals surface area contributed by atoms with E-state index in [9.17, 15) is 9.90 Å². The molecule has 1 aliphatic heterocycles. The highest BCUT2D eigenvalue weighted by molar-refractivity contribution is 5.90. The van der Waals surface area contributed by atoms with Crippen molar-refractivity contribution in [3.05, 3.63) is 40.6 Å². The van der Waals surface area contributed by atoms with Crippen LogP contribution in [0.15, 0.2) is 16.5 Å². The zero-order chi connectivity index (χ0) is 18.4. The van der Waals surface area contributed by atoms with Crippen molar-refractivity contribution in [1.82, 2.24) is 14.7 Å². The van der Waals surface area contributed by atoms with Gasteiger partial charge in [0.1, 0.15) is 5.76 Å². The Morgan fingerprint density at radius 1 is 1.40 bits per heavy atom. The van der Waals surface area contributed by atoms with Gasteiger partial charge in [-0.05, 0) is 19.1 Å². The molecule has 2 aromatic rings. The molecule has 0 aromatic carbocycles. The zero-order valence-corrected chi connectivity index (χ0v) is 15.2. The predicted molar refractivity (Wildman–Crippen MR) is 92.9 cm³/mol. The highest BCUT2D eigenvalue weighted by Gasteiger charge is 2.27. The molecule has 0 radical (unpaired) electrons. The van der Waals surface area contributed by atoms with Crippen molar-refractivity contribution >= 4 is 5.91 Å². The summed E-state index contributed by atoms with van der Waals surface area (Å²) in [7, 11) is 0. The second kappa shape index (κ2) is 6.31. The number of hydrogen-bond acceptors (Lipinski definition) is 5. The highest BCUT2D eigenvalue weighted by Crippen LogP contribution is 2.30. The standard InChI is InChI=1S/C18H26N4O3/c1-11(23)14-8-13-10-21(5-6-22(13)20-14)9-12-7-15(17(19)24)25-16(12)18(2,3)4/h7-8,11,23H,5-6,9-10H2,1-4H3,(H2,19,24)/t11-/m0/s1. The fourth-order valence-electron chi connectivity index (χ4n) is 3.23. The number of aliphatic hydroxyl groups excluding tert-OH is 1. The van der Waals surface area contributed by atoms with Crippen molar-refractivity contribution < 1.29 is 14.3 Å². The molecule has 0 saturated heterocycles. The Balaban J connectivity index is 1.82. The number of aliphatic hydroxyl groups is 1. The molecule has 136 valence electrons. The number of rotatable bonds is 4. The van der Waals surface area contributed by atoms with Crippen molar-refractivity contribution in [1.29, 1.82) is 0 Å². The quantitative estimate of drug-likeness (QED) is 0.882. The number of furan rings is 1. The molecule has 25 heavy (non-hydrogen) atoms. The van der Waals surface area contributed by atoms with Crippen LogP contribution >= 0.6 is 0 Å². The van der Waals surface area contributed by atoms with Gasteiger partial charge in [0, 0.05) is 30.6 Å². The van der Waals surface area contributed by atoms with E-state index in [1.807, 2.05) is 10.7 Å². The number of carbonyl (C=O) groups is 1. The molecule has 7 nitrogen and oxygen atoms in total. The Morgan fingerprint density at radius 2 is 2.12 bits per heavy atom. The fraction of sp³-hybridized carbons (Fsp3) is 0.556. The zero-order valence-electron chi connectivity index (χ0n) is 15.2. The molecule has 3 heterocycles. The molecule has 0 unspecified atom stereocenters. The first kappa shape index (κ1) is 17.7. The number of carbonyl (C=O) groups excluding carboxylic acids is 1. The molecule has 2 aromatic heterocycles. The van der Waals surface area contributed by atoms with Crippen molar-refractivity contribution in [2.24, 2.45) is 5.73 Å². The van der Waals surface area contributed by atoms with Gasteiger partial charge in [0.25, 0.3) is 5.91 Å². The normalized spacial score (nSPS) is 16.7. The van der Waals surface area contributed by atoms with Crippen LogP contribution in [0.4, 0.5) is 0 Å². The Kier molecular flexibility index (Phi) is 4.47. The van der Waals surface area contributed by atoms with E-state index in [2.05, 4.69) is 30.8 Å². The first-order valence-corrected chi connectivity index (χ1v) is 8.55. The minimum atomic E-state index is -0.564. The third-order valence-electron chi connectivity index (χ3n) is 4.45.